The highest BCUT2D eigenvalue weighted by Crippen LogP contribution is 2.38. The first kappa shape index (κ1) is 15.7. The Balaban J connectivity index is 1.79. The van der Waals surface area contributed by atoms with E-state index in [2.05, 4.69) is 16.1 Å². The molecule has 1 amide bonds. The maximum Gasteiger partial charge on any atom is 0.325 e. The van der Waals surface area contributed by atoms with Crippen molar-refractivity contribution in [1.29, 1.82) is 0 Å². The normalized spacial score (nSPS) is 20.4. The minimum atomic E-state index is -0.443. The van der Waals surface area contributed by atoms with Crippen LogP contribution in [0.4, 0.5) is 0 Å². The summed E-state index contributed by atoms with van der Waals surface area (Å²) in [7, 11) is 1.31. The lowest BCUT2D eigenvalue weighted by molar-refractivity contribution is -0.141. The number of ether oxygens (including phenoxy) is 1. The number of carbonyl (C=O) groups excluding carboxylic acids is 2. The van der Waals surface area contributed by atoms with Gasteiger partial charge in [0.1, 0.15) is 6.54 Å². The summed E-state index contributed by atoms with van der Waals surface area (Å²) in [5, 5.41) is 3.65. The first-order valence-electron chi connectivity index (χ1n) is 7.54. The van der Waals surface area contributed by atoms with Crippen LogP contribution < -0.4 is 5.32 Å². The summed E-state index contributed by atoms with van der Waals surface area (Å²) >= 11 is 1.64. The number of hydrogen-bond donors (Lipinski definition) is 1. The van der Waals surface area contributed by atoms with Crippen molar-refractivity contribution in [2.24, 2.45) is 5.92 Å². The van der Waals surface area contributed by atoms with Gasteiger partial charge in [0.05, 0.1) is 28.3 Å². The van der Waals surface area contributed by atoms with Crippen LogP contribution in [0.2, 0.25) is 0 Å². The predicted molar refractivity (Wildman–Crippen MR) is 89.3 cm³/mol. The maximum absolute atomic E-state index is 12.4. The van der Waals surface area contributed by atoms with Crippen molar-refractivity contribution < 1.29 is 14.3 Å². The van der Waals surface area contributed by atoms with Gasteiger partial charge in [0.15, 0.2) is 0 Å². The molecule has 1 aliphatic carbocycles. The molecule has 1 N–H and O–H groups in total. The van der Waals surface area contributed by atoms with E-state index in [0.717, 1.165) is 21.6 Å². The summed E-state index contributed by atoms with van der Waals surface area (Å²) in [6.07, 6.45) is 5.57. The molecule has 0 radical (unpaired) electrons. The Bertz CT molecular complexity index is 720. The van der Waals surface area contributed by atoms with Crippen molar-refractivity contribution in [2.75, 3.05) is 13.7 Å². The van der Waals surface area contributed by atoms with Crippen molar-refractivity contribution in [3.63, 3.8) is 0 Å². The monoisotopic (exact) mass is 330 g/mol. The van der Waals surface area contributed by atoms with Gasteiger partial charge in [-0.05, 0) is 25.0 Å². The van der Waals surface area contributed by atoms with E-state index in [1.54, 1.807) is 11.3 Å². The Kier molecular flexibility index (Phi) is 4.71. The fraction of sp³-hybridized carbons (Fsp3) is 0.353. The van der Waals surface area contributed by atoms with Gasteiger partial charge < -0.3 is 10.1 Å². The van der Waals surface area contributed by atoms with Gasteiger partial charge in [0.2, 0.25) is 5.91 Å². The third kappa shape index (κ3) is 3.42. The molecule has 1 aromatic heterocycles. The Morgan fingerprint density at radius 1 is 1.30 bits per heavy atom. The number of methoxy groups -OCH3 is 1. The molecule has 6 heteroatoms. The lowest BCUT2D eigenvalue weighted by atomic mass is 9.82. The van der Waals surface area contributed by atoms with Crippen LogP contribution in [0, 0.1) is 5.92 Å². The number of nitrogens with zero attached hydrogens (tertiary/aromatic N) is 1. The van der Waals surface area contributed by atoms with Gasteiger partial charge in [-0.15, -0.1) is 11.3 Å². The van der Waals surface area contributed by atoms with Crippen molar-refractivity contribution in [3.8, 4) is 0 Å². The molecule has 0 aliphatic heterocycles. The van der Waals surface area contributed by atoms with Crippen LogP contribution in [0.25, 0.3) is 10.2 Å². The fourth-order valence-electron chi connectivity index (χ4n) is 2.79. The molecule has 1 aromatic carbocycles. The number of para-hydroxylation sites is 1. The summed E-state index contributed by atoms with van der Waals surface area (Å²) in [6, 6.07) is 7.99. The van der Waals surface area contributed by atoms with Crippen molar-refractivity contribution in [1.82, 2.24) is 10.3 Å². The smallest absolute Gasteiger partial charge is 0.325 e. The quantitative estimate of drug-likeness (QED) is 0.691. The molecule has 5 nitrogen and oxygen atoms in total. The first-order valence-corrected chi connectivity index (χ1v) is 8.35. The second kappa shape index (κ2) is 6.91. The van der Waals surface area contributed by atoms with Gasteiger partial charge in [-0.3, -0.25) is 9.59 Å². The molecule has 1 heterocycles. The molecule has 2 aromatic rings. The van der Waals surface area contributed by atoms with Gasteiger partial charge in [0.25, 0.3) is 0 Å². The number of carbonyl (C=O) groups is 2. The van der Waals surface area contributed by atoms with E-state index in [1.807, 2.05) is 30.3 Å². The molecule has 0 saturated carbocycles. The summed E-state index contributed by atoms with van der Waals surface area (Å²) in [4.78, 5) is 28.3. The largest absolute Gasteiger partial charge is 0.468 e. The minimum Gasteiger partial charge on any atom is -0.468 e. The molecular formula is C17H18N2O3S. The highest BCUT2D eigenvalue weighted by molar-refractivity contribution is 7.18. The van der Waals surface area contributed by atoms with Crippen LogP contribution in [0.3, 0.4) is 0 Å². The van der Waals surface area contributed by atoms with Gasteiger partial charge >= 0.3 is 5.97 Å². The molecule has 23 heavy (non-hydrogen) atoms. The average molecular weight is 330 g/mol. The number of benzene rings is 1. The van der Waals surface area contributed by atoms with Crippen molar-refractivity contribution in [2.45, 2.75) is 18.8 Å². The summed E-state index contributed by atoms with van der Waals surface area (Å²) in [5.41, 5.74) is 0.968. The zero-order valence-corrected chi connectivity index (χ0v) is 13.6. The number of rotatable bonds is 4. The molecule has 0 bridgehead atoms. The second-order valence-corrected chi connectivity index (χ2v) is 6.53. The number of thiazole rings is 1. The number of aromatic nitrogens is 1. The molecule has 2 atom stereocenters. The fourth-order valence-corrected chi connectivity index (χ4v) is 3.93. The first-order chi connectivity index (χ1) is 11.2. The SMILES string of the molecule is COC(=O)CNC(=O)C1CC=CCC1c1nc2ccccc2s1. The number of amides is 1. The Morgan fingerprint density at radius 2 is 2.09 bits per heavy atom. The molecular weight excluding hydrogens is 312 g/mol. The van der Waals surface area contributed by atoms with Crippen LogP contribution in [0.1, 0.15) is 23.8 Å². The van der Waals surface area contributed by atoms with Gasteiger partial charge in [-0.25, -0.2) is 4.98 Å². The zero-order chi connectivity index (χ0) is 16.2. The molecule has 120 valence electrons. The average Bonchev–Trinajstić information content (AvgIpc) is 3.03. The van der Waals surface area contributed by atoms with E-state index in [0.29, 0.717) is 6.42 Å². The third-order valence-corrected chi connectivity index (χ3v) is 5.20. The number of nitrogens with one attached hydrogen (secondary N) is 1. The number of fused-ring (bicyclic) bond motifs is 1. The second-order valence-electron chi connectivity index (χ2n) is 5.47. The zero-order valence-electron chi connectivity index (χ0n) is 12.8. The van der Waals surface area contributed by atoms with Crippen molar-refractivity contribution >= 4 is 33.4 Å². The van der Waals surface area contributed by atoms with E-state index < -0.39 is 5.97 Å². The van der Waals surface area contributed by atoms with E-state index in [1.165, 1.54) is 7.11 Å². The molecule has 3 rings (SSSR count). The van der Waals surface area contributed by atoms with E-state index in [4.69, 9.17) is 4.98 Å². The van der Waals surface area contributed by atoms with Gasteiger partial charge in [0, 0.05) is 5.92 Å². The predicted octanol–water partition coefficient (Wildman–Crippen LogP) is 2.64. The highest BCUT2D eigenvalue weighted by atomic mass is 32.1. The van der Waals surface area contributed by atoms with Gasteiger partial charge in [-0.1, -0.05) is 24.3 Å². The van der Waals surface area contributed by atoms with Gasteiger partial charge in [-0.2, -0.15) is 0 Å². The summed E-state index contributed by atoms with van der Waals surface area (Å²) in [5.74, 6) is -0.717. The topological polar surface area (TPSA) is 68.3 Å². The Labute approximate surface area is 138 Å². The lowest BCUT2D eigenvalue weighted by Crippen LogP contribution is -2.38. The summed E-state index contributed by atoms with van der Waals surface area (Å²) in [6.45, 7) is -0.0951. The minimum absolute atomic E-state index is 0.0510. The number of allylic oxidation sites excluding steroid dienone is 2. The van der Waals surface area contributed by atoms with E-state index >= 15 is 0 Å². The molecule has 0 saturated heterocycles. The van der Waals surface area contributed by atoms with Crippen LogP contribution in [0.15, 0.2) is 36.4 Å². The number of hydrogen-bond acceptors (Lipinski definition) is 5. The molecule has 2 unspecified atom stereocenters. The summed E-state index contributed by atoms with van der Waals surface area (Å²) < 4.78 is 5.69. The number of esters is 1. The van der Waals surface area contributed by atoms with E-state index in [-0.39, 0.29) is 24.3 Å². The maximum atomic E-state index is 12.4. The van der Waals surface area contributed by atoms with E-state index in [9.17, 15) is 9.59 Å². The lowest BCUT2D eigenvalue weighted by Gasteiger charge is -2.25. The molecule has 0 spiro atoms. The van der Waals surface area contributed by atoms with Crippen LogP contribution in [-0.4, -0.2) is 30.5 Å². The highest BCUT2D eigenvalue weighted by Gasteiger charge is 2.32. The van der Waals surface area contributed by atoms with Crippen LogP contribution in [0.5, 0.6) is 0 Å². The molecule has 1 aliphatic rings. The Hall–Kier alpha value is -2.21. The van der Waals surface area contributed by atoms with Crippen LogP contribution in [-0.2, 0) is 14.3 Å². The standard InChI is InChI=1S/C17H18N2O3S/c1-22-15(20)10-18-16(21)11-6-2-3-7-12(11)17-19-13-8-4-5-9-14(13)23-17/h2-5,8-9,11-12H,6-7,10H2,1H3,(H,18,21). The molecule has 0 fully saturated rings. The van der Waals surface area contributed by atoms with Crippen LogP contribution >= 0.6 is 11.3 Å². The van der Waals surface area contributed by atoms with Crippen molar-refractivity contribution in [3.05, 3.63) is 41.4 Å². The Morgan fingerprint density at radius 3 is 2.87 bits per heavy atom. The third-order valence-electron chi connectivity index (χ3n) is 4.03.